The van der Waals surface area contributed by atoms with E-state index in [2.05, 4.69) is 10.3 Å². The summed E-state index contributed by atoms with van der Waals surface area (Å²) in [5, 5.41) is 8.05. The Balaban J connectivity index is 2.07. The largest absolute Gasteiger partial charge is 0.399 e. The molecule has 0 aliphatic heterocycles. The monoisotopic (exact) mass is 312 g/mol. The van der Waals surface area contributed by atoms with E-state index in [1.807, 2.05) is 54.6 Å². The zero-order chi connectivity index (χ0) is 16.3. The molecule has 0 bridgehead atoms. The van der Waals surface area contributed by atoms with Gasteiger partial charge in [0.1, 0.15) is 19.4 Å². The van der Waals surface area contributed by atoms with Crippen molar-refractivity contribution < 1.29 is 14.4 Å². The van der Waals surface area contributed by atoms with Gasteiger partial charge in [0.2, 0.25) is 0 Å². The highest BCUT2D eigenvalue weighted by Gasteiger charge is 2.08. The number of nitrogens with zero attached hydrogens (tertiary/aromatic N) is 2. The second-order valence-electron chi connectivity index (χ2n) is 4.73. The summed E-state index contributed by atoms with van der Waals surface area (Å²) in [5.74, 6) is 0. The minimum absolute atomic E-state index is 0.351. The molecule has 0 aromatic heterocycles. The molecular weight excluding hydrogens is 292 g/mol. The molecule has 120 valence electrons. The first kappa shape index (κ1) is 16.7. The lowest BCUT2D eigenvalue weighted by molar-refractivity contribution is 0.132. The molecule has 0 radical (unpaired) electrons. The van der Waals surface area contributed by atoms with Crippen LogP contribution < -0.4 is 0 Å². The van der Waals surface area contributed by atoms with Crippen LogP contribution in [0.4, 0.5) is 0 Å². The highest BCUT2D eigenvalue weighted by atomic mass is 16.6. The van der Waals surface area contributed by atoms with E-state index >= 15 is 0 Å². The minimum Gasteiger partial charge on any atom is -0.399 e. The van der Waals surface area contributed by atoms with Gasteiger partial charge in [-0.2, -0.15) is 0 Å². The van der Waals surface area contributed by atoms with Gasteiger partial charge in [-0.15, -0.1) is 0 Å². The Labute approximate surface area is 136 Å². The SMILES string of the molecule is COCC(=NOC)c1ccccc1C=NOCc1ccccc1. The molecule has 0 amide bonds. The van der Waals surface area contributed by atoms with E-state index in [0.29, 0.717) is 18.9 Å². The van der Waals surface area contributed by atoms with E-state index in [0.717, 1.165) is 16.7 Å². The smallest absolute Gasteiger partial charge is 0.142 e. The van der Waals surface area contributed by atoms with Crippen LogP contribution in [0, 0.1) is 0 Å². The number of hydrogen-bond acceptors (Lipinski definition) is 5. The van der Waals surface area contributed by atoms with Crippen molar-refractivity contribution in [3.8, 4) is 0 Å². The molecule has 0 heterocycles. The van der Waals surface area contributed by atoms with Gasteiger partial charge in [-0.3, -0.25) is 0 Å². The summed E-state index contributed by atoms with van der Waals surface area (Å²) in [5.41, 5.74) is 3.54. The topological polar surface area (TPSA) is 52.4 Å². The van der Waals surface area contributed by atoms with Gasteiger partial charge >= 0.3 is 0 Å². The van der Waals surface area contributed by atoms with E-state index in [1.165, 1.54) is 7.11 Å². The van der Waals surface area contributed by atoms with E-state index in [4.69, 9.17) is 14.4 Å². The van der Waals surface area contributed by atoms with Gasteiger partial charge in [0.05, 0.1) is 12.8 Å². The fourth-order valence-corrected chi connectivity index (χ4v) is 2.05. The van der Waals surface area contributed by atoms with Crippen LogP contribution in [0.5, 0.6) is 0 Å². The van der Waals surface area contributed by atoms with Crippen LogP contribution in [0.1, 0.15) is 16.7 Å². The number of oxime groups is 2. The molecule has 0 aliphatic carbocycles. The molecule has 0 N–H and O–H groups in total. The second kappa shape index (κ2) is 9.38. The first-order valence-electron chi connectivity index (χ1n) is 7.22. The molecule has 0 aliphatic rings. The van der Waals surface area contributed by atoms with Crippen LogP contribution in [0.3, 0.4) is 0 Å². The quantitative estimate of drug-likeness (QED) is 0.555. The van der Waals surface area contributed by atoms with Crippen LogP contribution in [0.25, 0.3) is 0 Å². The Bertz CT molecular complexity index is 654. The third-order valence-corrected chi connectivity index (χ3v) is 3.09. The van der Waals surface area contributed by atoms with Crippen LogP contribution in [0.2, 0.25) is 0 Å². The molecule has 0 spiro atoms. The lowest BCUT2D eigenvalue weighted by atomic mass is 10.0. The molecular formula is C18H20N2O3. The molecule has 0 saturated heterocycles. The van der Waals surface area contributed by atoms with Gasteiger partial charge in [-0.1, -0.05) is 64.9 Å². The predicted molar refractivity (Wildman–Crippen MR) is 90.7 cm³/mol. The maximum Gasteiger partial charge on any atom is 0.142 e. The predicted octanol–water partition coefficient (Wildman–Crippen LogP) is 3.23. The van der Waals surface area contributed by atoms with Crippen molar-refractivity contribution in [2.75, 3.05) is 20.8 Å². The third-order valence-electron chi connectivity index (χ3n) is 3.09. The number of ether oxygens (including phenoxy) is 1. The molecule has 2 rings (SSSR count). The molecule has 5 nitrogen and oxygen atoms in total. The van der Waals surface area contributed by atoms with Crippen molar-refractivity contribution in [2.24, 2.45) is 10.3 Å². The second-order valence-corrected chi connectivity index (χ2v) is 4.73. The normalized spacial score (nSPS) is 11.7. The highest BCUT2D eigenvalue weighted by molar-refractivity contribution is 6.07. The van der Waals surface area contributed by atoms with Gasteiger partial charge in [0, 0.05) is 18.2 Å². The summed E-state index contributed by atoms with van der Waals surface area (Å²) in [4.78, 5) is 10.2. The maximum absolute atomic E-state index is 5.35. The number of rotatable bonds is 8. The third kappa shape index (κ3) is 5.23. The summed E-state index contributed by atoms with van der Waals surface area (Å²) < 4.78 is 5.16. The maximum atomic E-state index is 5.35. The number of methoxy groups -OCH3 is 1. The Hall–Kier alpha value is -2.66. The summed E-state index contributed by atoms with van der Waals surface area (Å²) >= 11 is 0. The molecule has 2 aromatic carbocycles. The van der Waals surface area contributed by atoms with Crippen LogP contribution in [0.15, 0.2) is 64.9 Å². The molecule has 0 unspecified atom stereocenters. The molecule has 0 fully saturated rings. The summed E-state index contributed by atoms with van der Waals surface area (Å²) in [7, 11) is 3.13. The van der Waals surface area contributed by atoms with Crippen molar-refractivity contribution in [3.05, 3.63) is 71.3 Å². The average Bonchev–Trinajstić information content (AvgIpc) is 2.60. The van der Waals surface area contributed by atoms with Crippen molar-refractivity contribution in [1.82, 2.24) is 0 Å². The first-order chi connectivity index (χ1) is 11.3. The molecule has 23 heavy (non-hydrogen) atoms. The van der Waals surface area contributed by atoms with E-state index < -0.39 is 0 Å². The van der Waals surface area contributed by atoms with Crippen molar-refractivity contribution in [2.45, 2.75) is 6.61 Å². The Morgan fingerprint density at radius 1 is 1.00 bits per heavy atom. The number of hydrogen-bond donors (Lipinski definition) is 0. The Kier molecular flexibility index (Phi) is 6.81. The average molecular weight is 312 g/mol. The lowest BCUT2D eigenvalue weighted by Crippen LogP contribution is -2.12. The van der Waals surface area contributed by atoms with Gasteiger partial charge in [0.25, 0.3) is 0 Å². The lowest BCUT2D eigenvalue weighted by Gasteiger charge is -2.08. The van der Waals surface area contributed by atoms with Gasteiger partial charge in [-0.05, 0) is 5.56 Å². The van der Waals surface area contributed by atoms with Crippen LogP contribution >= 0.6 is 0 Å². The van der Waals surface area contributed by atoms with E-state index in [-0.39, 0.29) is 0 Å². The van der Waals surface area contributed by atoms with Gasteiger partial charge in [0.15, 0.2) is 0 Å². The highest BCUT2D eigenvalue weighted by Crippen LogP contribution is 2.09. The Morgan fingerprint density at radius 2 is 1.74 bits per heavy atom. The standard InChI is InChI=1S/C18H20N2O3/c1-21-14-18(20-22-2)17-11-7-6-10-16(17)12-19-23-13-15-8-4-3-5-9-15/h3-12H,13-14H2,1-2H3. The Morgan fingerprint density at radius 3 is 2.48 bits per heavy atom. The first-order valence-corrected chi connectivity index (χ1v) is 7.22. The molecule has 2 aromatic rings. The van der Waals surface area contributed by atoms with E-state index in [1.54, 1.807) is 13.3 Å². The van der Waals surface area contributed by atoms with Crippen LogP contribution in [-0.4, -0.2) is 32.8 Å². The summed E-state index contributed by atoms with van der Waals surface area (Å²) in [6.45, 7) is 0.778. The van der Waals surface area contributed by atoms with E-state index in [9.17, 15) is 0 Å². The van der Waals surface area contributed by atoms with Crippen molar-refractivity contribution in [1.29, 1.82) is 0 Å². The van der Waals surface area contributed by atoms with Crippen molar-refractivity contribution >= 4 is 11.9 Å². The minimum atomic E-state index is 0.351. The van der Waals surface area contributed by atoms with Gasteiger partial charge in [-0.25, -0.2) is 0 Å². The zero-order valence-corrected chi connectivity index (χ0v) is 13.3. The van der Waals surface area contributed by atoms with Crippen LogP contribution in [-0.2, 0) is 21.0 Å². The molecule has 5 heteroatoms. The zero-order valence-electron chi connectivity index (χ0n) is 13.3. The van der Waals surface area contributed by atoms with Gasteiger partial charge < -0.3 is 14.4 Å². The fraction of sp³-hybridized carbons (Fsp3) is 0.222. The summed E-state index contributed by atoms with van der Waals surface area (Å²) in [6, 6.07) is 17.6. The fourth-order valence-electron chi connectivity index (χ4n) is 2.05. The molecule has 0 atom stereocenters. The number of benzene rings is 2. The van der Waals surface area contributed by atoms with Crippen molar-refractivity contribution in [3.63, 3.8) is 0 Å². The molecule has 0 saturated carbocycles. The summed E-state index contributed by atoms with van der Waals surface area (Å²) in [6.07, 6.45) is 1.67.